The van der Waals surface area contributed by atoms with Crippen LogP contribution in [0.3, 0.4) is 0 Å². The number of hydrogen-bond acceptors (Lipinski definition) is 5. The maximum absolute atomic E-state index is 13.0. The first-order valence-electron chi connectivity index (χ1n) is 9.18. The molecule has 1 aliphatic heterocycles. The summed E-state index contributed by atoms with van der Waals surface area (Å²) in [6.45, 7) is 5.99. The first-order valence-corrected chi connectivity index (χ1v) is 9.18. The summed E-state index contributed by atoms with van der Waals surface area (Å²) >= 11 is 0. The predicted molar refractivity (Wildman–Crippen MR) is 106 cm³/mol. The second-order valence-corrected chi connectivity index (χ2v) is 6.94. The van der Waals surface area contributed by atoms with Crippen molar-refractivity contribution in [3.8, 4) is 0 Å². The van der Waals surface area contributed by atoms with E-state index in [1.165, 1.54) is 0 Å². The number of amides is 1. The summed E-state index contributed by atoms with van der Waals surface area (Å²) in [5, 5.41) is 4.27. The summed E-state index contributed by atoms with van der Waals surface area (Å²) in [7, 11) is 0. The van der Waals surface area contributed by atoms with Crippen LogP contribution in [0, 0.1) is 0 Å². The first kappa shape index (κ1) is 21.3. The highest BCUT2D eigenvalue weighted by molar-refractivity contribution is 5.87. The van der Waals surface area contributed by atoms with Gasteiger partial charge >= 0.3 is 5.97 Å². The molecule has 1 saturated heterocycles. The fraction of sp³-hybridized carbons (Fsp3) is 0.500. The summed E-state index contributed by atoms with van der Waals surface area (Å²) in [5.74, 6) is -0.142. The van der Waals surface area contributed by atoms with Gasteiger partial charge in [0.05, 0.1) is 18.4 Å². The Morgan fingerprint density at radius 1 is 1.33 bits per heavy atom. The molecule has 1 N–H and O–H groups in total. The third-order valence-corrected chi connectivity index (χ3v) is 4.91. The second kappa shape index (κ2) is 9.24. The molecule has 1 aromatic heterocycles. The van der Waals surface area contributed by atoms with Crippen LogP contribution < -0.4 is 5.32 Å². The van der Waals surface area contributed by atoms with Crippen LogP contribution in [-0.2, 0) is 20.9 Å². The summed E-state index contributed by atoms with van der Waals surface area (Å²) < 4.78 is 10.4. The monoisotopic (exact) mass is 394 g/mol. The number of carbonyl (C=O) groups is 2. The largest absolute Gasteiger partial charge is 0.466 e. The van der Waals surface area contributed by atoms with E-state index in [1.54, 1.807) is 13.2 Å². The van der Waals surface area contributed by atoms with Gasteiger partial charge in [0.1, 0.15) is 5.58 Å². The highest BCUT2D eigenvalue weighted by atomic mass is 35.5. The number of ether oxygens (including phenoxy) is 1. The van der Waals surface area contributed by atoms with Crippen molar-refractivity contribution in [2.75, 3.05) is 19.7 Å². The van der Waals surface area contributed by atoms with Crippen LogP contribution in [0.5, 0.6) is 0 Å². The van der Waals surface area contributed by atoms with Crippen molar-refractivity contribution in [1.29, 1.82) is 0 Å². The van der Waals surface area contributed by atoms with Crippen LogP contribution in [0.15, 0.2) is 34.9 Å². The molecule has 1 amide bonds. The van der Waals surface area contributed by atoms with E-state index in [9.17, 15) is 9.59 Å². The minimum absolute atomic E-state index is 0. The van der Waals surface area contributed by atoms with E-state index in [0.717, 1.165) is 29.5 Å². The molecular weight excluding hydrogens is 368 g/mol. The Labute approximate surface area is 165 Å². The van der Waals surface area contributed by atoms with Crippen LogP contribution in [0.4, 0.5) is 0 Å². The average Bonchev–Trinajstić information content (AvgIpc) is 3.06. The lowest BCUT2D eigenvalue weighted by atomic mass is 9.88. The Balaban J connectivity index is 0.00000261. The van der Waals surface area contributed by atoms with Gasteiger partial charge in [0.25, 0.3) is 0 Å². The number of halogens is 1. The standard InChI is InChI=1S/C20H26N2O4.ClH/c1-3-25-18(23)5-4-11-22(19(24)20(2)9-10-21-20)14-15-6-7-16-8-12-26-17(16)13-15;/h6-8,12-13,21H,3-5,9-11,14H2,1-2H3;1H. The Morgan fingerprint density at radius 3 is 2.78 bits per heavy atom. The van der Waals surface area contributed by atoms with Gasteiger partial charge in [0.15, 0.2) is 0 Å². The van der Waals surface area contributed by atoms with E-state index in [0.29, 0.717) is 32.5 Å². The van der Waals surface area contributed by atoms with Crippen molar-refractivity contribution < 1.29 is 18.7 Å². The van der Waals surface area contributed by atoms with Gasteiger partial charge in [-0.1, -0.05) is 12.1 Å². The molecule has 1 aliphatic rings. The molecule has 0 spiro atoms. The third-order valence-electron chi connectivity index (χ3n) is 4.91. The van der Waals surface area contributed by atoms with Crippen molar-refractivity contribution >= 4 is 35.3 Å². The maximum atomic E-state index is 13.0. The fourth-order valence-electron chi connectivity index (χ4n) is 3.25. The minimum atomic E-state index is -0.501. The Bertz CT molecular complexity index is 785. The van der Waals surface area contributed by atoms with E-state index in [2.05, 4.69) is 5.32 Å². The normalized spacial score (nSPS) is 18.4. The molecule has 0 bridgehead atoms. The highest BCUT2D eigenvalue weighted by Gasteiger charge is 2.41. The fourth-order valence-corrected chi connectivity index (χ4v) is 3.25. The molecule has 1 unspecified atom stereocenters. The molecule has 1 fully saturated rings. The van der Waals surface area contributed by atoms with Crippen molar-refractivity contribution in [2.45, 2.75) is 45.2 Å². The number of hydrogen-bond donors (Lipinski definition) is 1. The highest BCUT2D eigenvalue weighted by Crippen LogP contribution is 2.24. The van der Waals surface area contributed by atoms with E-state index >= 15 is 0 Å². The van der Waals surface area contributed by atoms with Gasteiger partial charge in [-0.05, 0) is 50.9 Å². The Hall–Kier alpha value is -2.05. The van der Waals surface area contributed by atoms with Crippen LogP contribution >= 0.6 is 12.4 Å². The zero-order valence-electron chi connectivity index (χ0n) is 15.8. The average molecular weight is 395 g/mol. The van der Waals surface area contributed by atoms with Crippen molar-refractivity contribution in [2.24, 2.45) is 0 Å². The lowest BCUT2D eigenvalue weighted by molar-refractivity contribution is -0.145. The molecule has 2 heterocycles. The van der Waals surface area contributed by atoms with Crippen molar-refractivity contribution in [3.63, 3.8) is 0 Å². The molecule has 0 saturated carbocycles. The van der Waals surface area contributed by atoms with Gasteiger partial charge in [-0.2, -0.15) is 0 Å². The number of benzene rings is 1. The lowest BCUT2D eigenvalue weighted by Gasteiger charge is -2.42. The summed E-state index contributed by atoms with van der Waals surface area (Å²) in [4.78, 5) is 26.4. The second-order valence-electron chi connectivity index (χ2n) is 6.94. The van der Waals surface area contributed by atoms with Crippen molar-refractivity contribution in [1.82, 2.24) is 10.2 Å². The van der Waals surface area contributed by atoms with E-state index in [-0.39, 0.29) is 24.3 Å². The van der Waals surface area contributed by atoms with Gasteiger partial charge in [0, 0.05) is 24.9 Å². The Morgan fingerprint density at radius 2 is 2.11 bits per heavy atom. The number of nitrogens with one attached hydrogen (secondary N) is 1. The lowest BCUT2D eigenvalue weighted by Crippen LogP contribution is -2.64. The quantitative estimate of drug-likeness (QED) is 0.695. The molecule has 1 atom stereocenters. The minimum Gasteiger partial charge on any atom is -0.466 e. The molecule has 27 heavy (non-hydrogen) atoms. The third kappa shape index (κ3) is 5.02. The van der Waals surface area contributed by atoms with Gasteiger partial charge in [-0.3, -0.25) is 9.59 Å². The SMILES string of the molecule is CCOC(=O)CCCN(Cc1ccc2ccoc2c1)C(=O)C1(C)CCN1.Cl. The summed E-state index contributed by atoms with van der Waals surface area (Å²) in [6.07, 6.45) is 3.40. The molecule has 2 aromatic rings. The molecule has 3 rings (SSSR count). The van der Waals surface area contributed by atoms with Crippen LogP contribution in [0.2, 0.25) is 0 Å². The number of furan rings is 1. The number of esters is 1. The van der Waals surface area contributed by atoms with Gasteiger partial charge in [-0.25, -0.2) is 0 Å². The summed E-state index contributed by atoms with van der Waals surface area (Å²) in [5.41, 5.74) is 1.33. The zero-order valence-corrected chi connectivity index (χ0v) is 16.6. The van der Waals surface area contributed by atoms with E-state index in [4.69, 9.17) is 9.15 Å². The number of fused-ring (bicyclic) bond motifs is 1. The smallest absolute Gasteiger partial charge is 0.305 e. The number of rotatable bonds is 8. The van der Waals surface area contributed by atoms with Gasteiger partial charge < -0.3 is 19.4 Å². The van der Waals surface area contributed by atoms with E-state index < -0.39 is 5.54 Å². The van der Waals surface area contributed by atoms with Gasteiger partial charge in [-0.15, -0.1) is 12.4 Å². The van der Waals surface area contributed by atoms with Crippen LogP contribution in [-0.4, -0.2) is 42.0 Å². The summed E-state index contributed by atoms with van der Waals surface area (Å²) in [6, 6.07) is 7.90. The maximum Gasteiger partial charge on any atom is 0.305 e. The molecule has 6 nitrogen and oxygen atoms in total. The molecule has 0 radical (unpaired) electrons. The molecule has 7 heteroatoms. The zero-order chi connectivity index (χ0) is 18.6. The first-order chi connectivity index (χ1) is 12.5. The molecule has 1 aromatic carbocycles. The predicted octanol–water partition coefficient (Wildman–Crippen LogP) is 3.28. The van der Waals surface area contributed by atoms with Crippen LogP contribution in [0.1, 0.15) is 38.7 Å². The van der Waals surface area contributed by atoms with Crippen molar-refractivity contribution in [3.05, 3.63) is 36.1 Å². The van der Waals surface area contributed by atoms with E-state index in [1.807, 2.05) is 36.1 Å². The topological polar surface area (TPSA) is 71.8 Å². The van der Waals surface area contributed by atoms with Crippen LogP contribution in [0.25, 0.3) is 11.0 Å². The molecule has 148 valence electrons. The molecule has 0 aliphatic carbocycles. The molecular formula is C20H27ClN2O4. The number of nitrogens with zero attached hydrogens (tertiary/aromatic N) is 1. The Kier molecular flexibility index (Phi) is 7.27. The van der Waals surface area contributed by atoms with Gasteiger partial charge in [0.2, 0.25) is 5.91 Å². The number of carbonyl (C=O) groups excluding carboxylic acids is 2.